The van der Waals surface area contributed by atoms with Crippen LogP contribution in [0.2, 0.25) is 0 Å². The summed E-state index contributed by atoms with van der Waals surface area (Å²) >= 11 is 0. The zero-order chi connectivity index (χ0) is 10.8. The Balaban J connectivity index is 0.000000500. The molecule has 0 saturated heterocycles. The van der Waals surface area contributed by atoms with Gasteiger partial charge in [-0.2, -0.15) is 0 Å². The molecule has 0 aromatic heterocycles. The van der Waals surface area contributed by atoms with Crippen LogP contribution in [0, 0.1) is 0 Å². The maximum Gasteiger partial charge on any atom is 0.303 e. The quantitative estimate of drug-likeness (QED) is 0.773. The lowest BCUT2D eigenvalue weighted by atomic mass is 10.1. The van der Waals surface area contributed by atoms with Crippen molar-refractivity contribution in [2.45, 2.75) is 19.8 Å². The van der Waals surface area contributed by atoms with E-state index in [4.69, 9.17) is 10.2 Å². The maximum atomic E-state index is 10.2. The summed E-state index contributed by atoms with van der Waals surface area (Å²) < 4.78 is 0. The van der Waals surface area contributed by atoms with Crippen LogP contribution in [0.4, 0.5) is 0 Å². The lowest BCUT2D eigenvalue weighted by molar-refractivity contribution is -0.136. The van der Waals surface area contributed by atoms with Gasteiger partial charge in [-0.15, -0.1) is 0 Å². The molecular weight excluding hydrogens is 180 g/mol. The van der Waals surface area contributed by atoms with E-state index in [1.54, 1.807) is 6.92 Å². The minimum absolute atomic E-state index is 0.212. The van der Waals surface area contributed by atoms with Crippen molar-refractivity contribution >= 4 is 5.97 Å². The molecule has 0 heterocycles. The number of aliphatic hydroxyl groups is 1. The molecule has 0 radical (unpaired) electrons. The Bertz CT molecular complexity index is 244. The molecule has 0 bridgehead atoms. The van der Waals surface area contributed by atoms with Gasteiger partial charge in [-0.25, -0.2) is 0 Å². The summed E-state index contributed by atoms with van der Waals surface area (Å²) in [6.07, 6.45) is 0.834. The Hall–Kier alpha value is -1.35. The van der Waals surface area contributed by atoms with Crippen molar-refractivity contribution < 1.29 is 15.0 Å². The lowest BCUT2D eigenvalue weighted by Crippen LogP contribution is -1.96. The van der Waals surface area contributed by atoms with Crippen molar-refractivity contribution in [3.8, 4) is 0 Å². The minimum Gasteiger partial charge on any atom is -0.481 e. The standard InChI is InChI=1S/C9H10O2.C2H6O/c10-9(11)7-6-8-4-2-1-3-5-8;1-2-3/h1-5H,6-7H2,(H,10,11);3H,2H2,1H3. The van der Waals surface area contributed by atoms with Crippen LogP contribution in [0.15, 0.2) is 30.3 Å². The summed E-state index contributed by atoms with van der Waals surface area (Å²) in [5.74, 6) is -0.742. The smallest absolute Gasteiger partial charge is 0.303 e. The molecule has 78 valence electrons. The summed E-state index contributed by atoms with van der Waals surface area (Å²) in [5, 5.41) is 15.9. The molecule has 14 heavy (non-hydrogen) atoms. The number of aliphatic carboxylic acids is 1. The molecule has 0 amide bonds. The van der Waals surface area contributed by atoms with Gasteiger partial charge in [-0.05, 0) is 18.9 Å². The molecule has 0 aliphatic carbocycles. The molecule has 3 heteroatoms. The van der Waals surface area contributed by atoms with E-state index in [1.165, 1.54) is 0 Å². The molecule has 1 aromatic carbocycles. The highest BCUT2D eigenvalue weighted by molar-refractivity contribution is 5.67. The van der Waals surface area contributed by atoms with E-state index in [9.17, 15) is 4.79 Å². The summed E-state index contributed by atoms with van der Waals surface area (Å²) in [4.78, 5) is 10.2. The summed E-state index contributed by atoms with van der Waals surface area (Å²) in [6, 6.07) is 9.62. The summed E-state index contributed by atoms with van der Waals surface area (Å²) in [6.45, 7) is 1.93. The molecule has 1 rings (SSSR count). The molecule has 0 unspecified atom stereocenters. The second-order valence-electron chi connectivity index (χ2n) is 2.70. The van der Waals surface area contributed by atoms with Crippen molar-refractivity contribution in [1.29, 1.82) is 0 Å². The highest BCUT2D eigenvalue weighted by Crippen LogP contribution is 2.01. The van der Waals surface area contributed by atoms with Gasteiger partial charge in [-0.1, -0.05) is 30.3 Å². The van der Waals surface area contributed by atoms with Gasteiger partial charge < -0.3 is 10.2 Å². The molecule has 2 N–H and O–H groups in total. The predicted molar refractivity (Wildman–Crippen MR) is 55.2 cm³/mol. The third kappa shape index (κ3) is 7.31. The molecule has 1 aromatic rings. The van der Waals surface area contributed by atoms with Crippen molar-refractivity contribution in [3.63, 3.8) is 0 Å². The van der Waals surface area contributed by atoms with Crippen molar-refractivity contribution in [1.82, 2.24) is 0 Å². The predicted octanol–water partition coefficient (Wildman–Crippen LogP) is 1.70. The summed E-state index contributed by atoms with van der Waals surface area (Å²) in [5.41, 5.74) is 1.08. The molecule has 0 fully saturated rings. The zero-order valence-electron chi connectivity index (χ0n) is 8.31. The number of carbonyl (C=O) groups is 1. The maximum absolute atomic E-state index is 10.2. The average Bonchev–Trinajstić information content (AvgIpc) is 2.18. The first kappa shape index (κ1) is 12.7. The molecule has 0 saturated carbocycles. The van der Waals surface area contributed by atoms with Gasteiger partial charge in [0.25, 0.3) is 0 Å². The van der Waals surface area contributed by atoms with E-state index in [0.717, 1.165) is 5.56 Å². The van der Waals surface area contributed by atoms with Crippen molar-refractivity contribution in [2.75, 3.05) is 6.61 Å². The zero-order valence-corrected chi connectivity index (χ0v) is 8.31. The van der Waals surface area contributed by atoms with Crippen LogP contribution in [0.25, 0.3) is 0 Å². The van der Waals surface area contributed by atoms with Crippen LogP contribution >= 0.6 is 0 Å². The number of aryl methyl sites for hydroxylation is 1. The number of hydrogen-bond acceptors (Lipinski definition) is 2. The third-order valence-corrected chi connectivity index (χ3v) is 1.47. The Morgan fingerprint density at radius 1 is 1.29 bits per heavy atom. The molecule has 0 spiro atoms. The first-order chi connectivity index (χ1) is 6.70. The number of rotatable bonds is 3. The minimum atomic E-state index is -0.742. The van der Waals surface area contributed by atoms with Gasteiger partial charge in [0.15, 0.2) is 0 Å². The highest BCUT2D eigenvalue weighted by atomic mass is 16.4. The fourth-order valence-electron chi connectivity index (χ4n) is 0.896. The van der Waals surface area contributed by atoms with Gasteiger partial charge >= 0.3 is 5.97 Å². The molecule has 0 atom stereocenters. The van der Waals surface area contributed by atoms with Crippen LogP contribution < -0.4 is 0 Å². The van der Waals surface area contributed by atoms with Crippen molar-refractivity contribution in [2.24, 2.45) is 0 Å². The second kappa shape index (κ2) is 8.26. The van der Waals surface area contributed by atoms with E-state index in [1.807, 2.05) is 30.3 Å². The first-order valence-corrected chi connectivity index (χ1v) is 4.57. The van der Waals surface area contributed by atoms with E-state index >= 15 is 0 Å². The Morgan fingerprint density at radius 2 is 1.79 bits per heavy atom. The Labute approximate surface area is 84.0 Å². The normalized spacial score (nSPS) is 8.71. The number of benzene rings is 1. The SMILES string of the molecule is CCO.O=C(O)CCc1ccccc1. The van der Waals surface area contributed by atoms with Crippen LogP contribution in [0.3, 0.4) is 0 Å². The number of carboxylic acid groups (broad SMARTS) is 1. The molecule has 0 aliphatic rings. The van der Waals surface area contributed by atoms with Crippen LogP contribution in [-0.2, 0) is 11.2 Å². The largest absolute Gasteiger partial charge is 0.481 e. The van der Waals surface area contributed by atoms with E-state index < -0.39 is 5.97 Å². The third-order valence-electron chi connectivity index (χ3n) is 1.47. The van der Waals surface area contributed by atoms with Gasteiger partial charge in [0, 0.05) is 13.0 Å². The fraction of sp³-hybridized carbons (Fsp3) is 0.364. The van der Waals surface area contributed by atoms with Gasteiger partial charge in [0.05, 0.1) is 0 Å². The van der Waals surface area contributed by atoms with Gasteiger partial charge in [0.2, 0.25) is 0 Å². The summed E-state index contributed by atoms with van der Waals surface area (Å²) in [7, 11) is 0. The van der Waals surface area contributed by atoms with Crippen LogP contribution in [0.1, 0.15) is 18.9 Å². The number of aliphatic hydroxyl groups excluding tert-OH is 1. The monoisotopic (exact) mass is 196 g/mol. The topological polar surface area (TPSA) is 57.5 Å². The molecule has 0 aliphatic heterocycles. The number of hydrogen-bond donors (Lipinski definition) is 2. The van der Waals surface area contributed by atoms with E-state index in [0.29, 0.717) is 6.42 Å². The van der Waals surface area contributed by atoms with Gasteiger partial charge in [-0.3, -0.25) is 4.79 Å². The number of carboxylic acids is 1. The van der Waals surface area contributed by atoms with Gasteiger partial charge in [0.1, 0.15) is 0 Å². The molecule has 3 nitrogen and oxygen atoms in total. The van der Waals surface area contributed by atoms with E-state index in [-0.39, 0.29) is 13.0 Å². The Kier molecular flexibility index (Phi) is 7.46. The van der Waals surface area contributed by atoms with Crippen LogP contribution in [0.5, 0.6) is 0 Å². The highest BCUT2D eigenvalue weighted by Gasteiger charge is 1.96. The van der Waals surface area contributed by atoms with Crippen LogP contribution in [-0.4, -0.2) is 22.8 Å². The van der Waals surface area contributed by atoms with E-state index in [2.05, 4.69) is 0 Å². The fourth-order valence-corrected chi connectivity index (χ4v) is 0.896. The first-order valence-electron chi connectivity index (χ1n) is 4.57. The Morgan fingerprint density at radius 3 is 2.21 bits per heavy atom. The average molecular weight is 196 g/mol. The lowest BCUT2D eigenvalue weighted by Gasteiger charge is -1.95. The molecular formula is C11H16O3. The second-order valence-corrected chi connectivity index (χ2v) is 2.70. The van der Waals surface area contributed by atoms with Crippen molar-refractivity contribution in [3.05, 3.63) is 35.9 Å².